The second-order valence-electron chi connectivity index (χ2n) is 3.76. The molecule has 0 saturated carbocycles. The molecule has 22 heavy (non-hydrogen) atoms. The molecule has 0 aromatic heterocycles. The van der Waals surface area contributed by atoms with Crippen molar-refractivity contribution < 1.29 is 27.2 Å². The quantitative estimate of drug-likeness (QED) is 0.278. The SMILES string of the molecule is O=P(CCP(=O)(OCCCl)OCCCl)(OCCCl)OCCCl. The van der Waals surface area contributed by atoms with E-state index in [1.807, 2.05) is 0 Å². The first kappa shape index (κ1) is 23.5. The van der Waals surface area contributed by atoms with E-state index in [2.05, 4.69) is 0 Å². The smallest absolute Gasteiger partial charge is 0.307 e. The average Bonchev–Trinajstić information content (AvgIpc) is 2.53. The fourth-order valence-electron chi connectivity index (χ4n) is 1.27. The lowest BCUT2D eigenvalue weighted by atomic mass is 10.9. The van der Waals surface area contributed by atoms with Gasteiger partial charge in [-0.25, -0.2) is 0 Å². The molecule has 0 aliphatic rings. The summed E-state index contributed by atoms with van der Waals surface area (Å²) in [6.45, 7) is 0.153. The van der Waals surface area contributed by atoms with Gasteiger partial charge in [-0.1, -0.05) is 0 Å². The summed E-state index contributed by atoms with van der Waals surface area (Å²) in [5, 5.41) is 0. The average molecular weight is 440 g/mol. The van der Waals surface area contributed by atoms with E-state index in [0.717, 1.165) is 0 Å². The summed E-state index contributed by atoms with van der Waals surface area (Å²) < 4.78 is 45.5. The Balaban J connectivity index is 4.70. The molecule has 0 aromatic rings. The fraction of sp³-hybridized carbons (Fsp3) is 1.00. The molecule has 0 fully saturated rings. The normalized spacial score (nSPS) is 12.7. The predicted molar refractivity (Wildman–Crippen MR) is 91.6 cm³/mol. The molecule has 0 spiro atoms. The highest BCUT2D eigenvalue weighted by atomic mass is 35.5. The van der Waals surface area contributed by atoms with Crippen molar-refractivity contribution in [3.05, 3.63) is 0 Å². The van der Waals surface area contributed by atoms with Crippen LogP contribution in [0.3, 0.4) is 0 Å². The molecule has 0 unspecified atom stereocenters. The van der Waals surface area contributed by atoms with Crippen LogP contribution in [-0.2, 0) is 27.2 Å². The molecular weight excluding hydrogens is 420 g/mol. The molecule has 0 N–H and O–H groups in total. The van der Waals surface area contributed by atoms with Crippen LogP contribution in [0.4, 0.5) is 0 Å². The summed E-state index contributed by atoms with van der Waals surface area (Å²) in [5.41, 5.74) is 0. The molecule has 6 nitrogen and oxygen atoms in total. The minimum atomic E-state index is -3.48. The second kappa shape index (κ2) is 13.7. The Morgan fingerprint density at radius 3 is 0.955 bits per heavy atom. The Kier molecular flexibility index (Phi) is 14.6. The maximum atomic E-state index is 12.5. The Bertz CT molecular complexity index is 315. The lowest BCUT2D eigenvalue weighted by Gasteiger charge is -2.21. The van der Waals surface area contributed by atoms with E-state index in [1.165, 1.54) is 0 Å². The third-order valence-electron chi connectivity index (χ3n) is 2.11. The third-order valence-corrected chi connectivity index (χ3v) is 6.92. The first-order valence-electron chi connectivity index (χ1n) is 6.45. The molecule has 0 aromatic carbocycles. The van der Waals surface area contributed by atoms with Crippen molar-refractivity contribution in [3.63, 3.8) is 0 Å². The maximum Gasteiger partial charge on any atom is 0.331 e. The minimum absolute atomic E-state index is 0.0382. The first-order valence-corrected chi connectivity index (χ1v) is 12.0. The van der Waals surface area contributed by atoms with E-state index in [4.69, 9.17) is 64.5 Å². The molecule has 12 heteroatoms. The number of halogens is 4. The number of hydrogen-bond acceptors (Lipinski definition) is 6. The summed E-state index contributed by atoms with van der Waals surface area (Å²) in [4.78, 5) is 0. The van der Waals surface area contributed by atoms with Crippen LogP contribution in [0.1, 0.15) is 0 Å². The molecule has 0 amide bonds. The minimum Gasteiger partial charge on any atom is -0.307 e. The van der Waals surface area contributed by atoms with Gasteiger partial charge in [-0.05, 0) is 0 Å². The van der Waals surface area contributed by atoms with Gasteiger partial charge in [0, 0.05) is 23.5 Å². The van der Waals surface area contributed by atoms with Crippen LogP contribution >= 0.6 is 61.6 Å². The van der Waals surface area contributed by atoms with Gasteiger partial charge in [0.1, 0.15) is 0 Å². The van der Waals surface area contributed by atoms with Crippen LogP contribution in [0.5, 0.6) is 0 Å². The molecule has 0 rings (SSSR count). The van der Waals surface area contributed by atoms with E-state index >= 15 is 0 Å². The molecule has 0 saturated heterocycles. The lowest BCUT2D eigenvalue weighted by molar-refractivity contribution is 0.213. The molecule has 134 valence electrons. The fourth-order valence-corrected chi connectivity index (χ4v) is 6.11. The Morgan fingerprint density at radius 1 is 0.545 bits per heavy atom. The molecule has 0 heterocycles. The van der Waals surface area contributed by atoms with E-state index in [1.54, 1.807) is 0 Å². The van der Waals surface area contributed by atoms with Crippen molar-refractivity contribution in [2.45, 2.75) is 0 Å². The molecule has 0 radical (unpaired) electrons. The van der Waals surface area contributed by atoms with Gasteiger partial charge in [0.25, 0.3) is 0 Å². The Labute approximate surface area is 151 Å². The van der Waals surface area contributed by atoms with Crippen LogP contribution in [-0.4, -0.2) is 62.3 Å². The lowest BCUT2D eigenvalue weighted by Crippen LogP contribution is -2.11. The number of hydrogen-bond donors (Lipinski definition) is 0. The standard InChI is InChI=1S/C10H20Cl4O6P2/c11-1-5-17-21(15,18-6-2-12)9-10-22(16,19-7-3-13)20-8-4-14/h1-10H2. The zero-order valence-corrected chi connectivity index (χ0v) is 16.7. The van der Waals surface area contributed by atoms with Gasteiger partial charge < -0.3 is 18.1 Å². The monoisotopic (exact) mass is 438 g/mol. The van der Waals surface area contributed by atoms with Crippen LogP contribution in [0.2, 0.25) is 0 Å². The van der Waals surface area contributed by atoms with Gasteiger partial charge in [-0.3, -0.25) is 9.13 Å². The van der Waals surface area contributed by atoms with Crippen LogP contribution in [0.25, 0.3) is 0 Å². The van der Waals surface area contributed by atoms with Gasteiger partial charge in [0.15, 0.2) is 0 Å². The Morgan fingerprint density at radius 2 is 0.773 bits per heavy atom. The highest BCUT2D eigenvalue weighted by Crippen LogP contribution is 2.55. The molecule has 0 atom stereocenters. The zero-order chi connectivity index (χ0) is 16.9. The highest BCUT2D eigenvalue weighted by molar-refractivity contribution is 7.58. The maximum absolute atomic E-state index is 12.5. The summed E-state index contributed by atoms with van der Waals surface area (Å²) in [7, 11) is -6.96. The summed E-state index contributed by atoms with van der Waals surface area (Å²) in [6.07, 6.45) is -0.300. The molecule has 0 bridgehead atoms. The number of rotatable bonds is 15. The van der Waals surface area contributed by atoms with Gasteiger partial charge >= 0.3 is 15.2 Å². The van der Waals surface area contributed by atoms with Crippen LogP contribution in [0.15, 0.2) is 0 Å². The zero-order valence-electron chi connectivity index (χ0n) is 11.9. The highest BCUT2D eigenvalue weighted by Gasteiger charge is 2.32. The van der Waals surface area contributed by atoms with Crippen molar-refractivity contribution in [1.29, 1.82) is 0 Å². The largest absolute Gasteiger partial charge is 0.331 e. The van der Waals surface area contributed by atoms with Crippen molar-refractivity contribution in [2.24, 2.45) is 0 Å². The van der Waals surface area contributed by atoms with Crippen molar-refractivity contribution in [1.82, 2.24) is 0 Å². The topological polar surface area (TPSA) is 71.1 Å². The van der Waals surface area contributed by atoms with Crippen LogP contribution in [0, 0.1) is 0 Å². The summed E-state index contributed by atoms with van der Waals surface area (Å²) in [6, 6.07) is 0. The Hall–Kier alpha value is 1.46. The van der Waals surface area contributed by atoms with Gasteiger partial charge in [0.2, 0.25) is 0 Å². The molecular formula is C10H20Cl4O6P2. The van der Waals surface area contributed by atoms with Crippen molar-refractivity contribution in [2.75, 3.05) is 62.3 Å². The molecule has 0 aliphatic carbocycles. The van der Waals surface area contributed by atoms with E-state index in [9.17, 15) is 9.13 Å². The van der Waals surface area contributed by atoms with Crippen LogP contribution < -0.4 is 0 Å². The summed E-state index contributed by atoms with van der Waals surface area (Å²) in [5.74, 6) is 0.601. The van der Waals surface area contributed by atoms with Crippen molar-refractivity contribution >= 4 is 61.6 Å². The van der Waals surface area contributed by atoms with Gasteiger partial charge in [-0.2, -0.15) is 0 Å². The first-order chi connectivity index (χ1) is 10.4. The van der Waals surface area contributed by atoms with E-state index < -0.39 is 15.2 Å². The van der Waals surface area contributed by atoms with Gasteiger partial charge in [-0.15, -0.1) is 46.4 Å². The third kappa shape index (κ3) is 11.1. The predicted octanol–water partition coefficient (Wildman–Crippen LogP) is 4.39. The van der Waals surface area contributed by atoms with Gasteiger partial charge in [0.05, 0.1) is 38.8 Å². The second-order valence-corrected chi connectivity index (χ2v) is 9.64. The molecule has 0 aliphatic heterocycles. The van der Waals surface area contributed by atoms with E-state index in [0.29, 0.717) is 0 Å². The summed E-state index contributed by atoms with van der Waals surface area (Å²) >= 11 is 22.0. The van der Waals surface area contributed by atoms with E-state index in [-0.39, 0.29) is 62.3 Å². The number of alkyl halides is 4. The van der Waals surface area contributed by atoms with Crippen molar-refractivity contribution in [3.8, 4) is 0 Å².